The van der Waals surface area contributed by atoms with Crippen molar-refractivity contribution in [2.75, 3.05) is 6.61 Å². The summed E-state index contributed by atoms with van der Waals surface area (Å²) in [6.45, 7) is 2.59. The minimum Gasteiger partial charge on any atom is -0.451 e. The molecule has 6 rings (SSSR count). The molecule has 0 N–H and O–H groups in total. The highest BCUT2D eigenvalue weighted by Crippen LogP contribution is 2.42. The Hall–Kier alpha value is -3.96. The number of benzene rings is 3. The Labute approximate surface area is 189 Å². The van der Waals surface area contributed by atoms with Gasteiger partial charge in [-0.1, -0.05) is 60.7 Å². The van der Waals surface area contributed by atoms with Crippen molar-refractivity contribution in [2.45, 2.75) is 19.4 Å². The van der Waals surface area contributed by atoms with Gasteiger partial charge in [-0.25, -0.2) is 4.79 Å². The Morgan fingerprint density at radius 2 is 1.64 bits per heavy atom. The molecule has 2 aromatic heterocycles. The van der Waals surface area contributed by atoms with Gasteiger partial charge in [0.25, 0.3) is 0 Å². The number of hydrogen-bond acceptors (Lipinski definition) is 5. The highest BCUT2D eigenvalue weighted by Gasteiger charge is 2.30. The number of fused-ring (bicyclic) bond motifs is 3. The molecule has 1 aliphatic rings. The van der Waals surface area contributed by atoms with Crippen molar-refractivity contribution in [1.82, 2.24) is 0 Å². The van der Waals surface area contributed by atoms with Crippen LogP contribution >= 0.6 is 0 Å². The van der Waals surface area contributed by atoms with E-state index >= 15 is 0 Å². The van der Waals surface area contributed by atoms with Crippen molar-refractivity contribution in [3.05, 3.63) is 106 Å². The van der Waals surface area contributed by atoms with E-state index in [0.717, 1.165) is 22.1 Å². The quantitative estimate of drug-likeness (QED) is 0.201. The molecule has 3 heterocycles. The van der Waals surface area contributed by atoms with Crippen LogP contribution in [0.5, 0.6) is 0 Å². The summed E-state index contributed by atoms with van der Waals surface area (Å²) in [6.07, 6.45) is 0.784. The average Bonchev–Trinajstić information content (AvgIpc) is 3.56. The molecular weight excluding hydrogens is 416 g/mol. The topological polar surface area (TPSA) is 73.0 Å². The van der Waals surface area contributed by atoms with Gasteiger partial charge in [0, 0.05) is 29.0 Å². The molecular formula is C28H20O5. The van der Waals surface area contributed by atoms with E-state index in [0.29, 0.717) is 40.7 Å². The summed E-state index contributed by atoms with van der Waals surface area (Å²) >= 11 is 0. The molecule has 0 saturated carbocycles. The number of epoxide rings is 1. The number of aryl methyl sites for hydroxylation is 1. The fraction of sp³-hybridized carbons (Fsp3) is 0.143. The number of furan rings is 1. The average molecular weight is 436 g/mol. The molecule has 0 radical (unpaired) electrons. The lowest BCUT2D eigenvalue weighted by molar-refractivity contribution is 0.101. The molecule has 0 amide bonds. The van der Waals surface area contributed by atoms with E-state index in [2.05, 4.69) is 0 Å². The zero-order valence-corrected chi connectivity index (χ0v) is 18.0. The molecule has 162 valence electrons. The summed E-state index contributed by atoms with van der Waals surface area (Å²) in [5, 5.41) is 1.48. The lowest BCUT2D eigenvalue weighted by Crippen LogP contribution is -2.01. The highest BCUT2D eigenvalue weighted by atomic mass is 16.6. The van der Waals surface area contributed by atoms with Crippen LogP contribution in [0.2, 0.25) is 0 Å². The van der Waals surface area contributed by atoms with Crippen LogP contribution in [-0.4, -0.2) is 18.5 Å². The van der Waals surface area contributed by atoms with Gasteiger partial charge in [-0.2, -0.15) is 0 Å². The molecule has 5 heteroatoms. The number of rotatable bonds is 5. The first-order valence-corrected chi connectivity index (χ1v) is 10.9. The first-order valence-electron chi connectivity index (χ1n) is 10.9. The normalized spacial score (nSPS) is 15.2. The maximum atomic E-state index is 13.6. The van der Waals surface area contributed by atoms with Crippen LogP contribution < -0.4 is 5.63 Å². The van der Waals surface area contributed by atoms with Crippen molar-refractivity contribution in [1.29, 1.82) is 0 Å². The molecule has 1 atom stereocenters. The number of ether oxygens (including phenoxy) is 1. The van der Waals surface area contributed by atoms with Crippen LogP contribution in [-0.2, 0) is 11.2 Å². The molecule has 5 nitrogen and oxygen atoms in total. The third-order valence-electron chi connectivity index (χ3n) is 6.11. The number of hydrogen-bond donors (Lipinski definition) is 0. The summed E-state index contributed by atoms with van der Waals surface area (Å²) in [5.74, 6) is 0.0134. The molecule has 0 aliphatic carbocycles. The molecule has 0 spiro atoms. The Bertz CT molecular complexity index is 1570. The first-order chi connectivity index (χ1) is 16.1. The summed E-state index contributed by atoms with van der Waals surface area (Å²) in [7, 11) is 0. The van der Waals surface area contributed by atoms with Gasteiger partial charge >= 0.3 is 5.63 Å². The number of carbonyl (C=O) groups is 1. The van der Waals surface area contributed by atoms with Crippen molar-refractivity contribution < 1.29 is 18.4 Å². The van der Waals surface area contributed by atoms with Gasteiger partial charge in [-0.05, 0) is 29.7 Å². The lowest BCUT2D eigenvalue weighted by atomic mass is 9.94. The van der Waals surface area contributed by atoms with Gasteiger partial charge in [0.1, 0.15) is 11.2 Å². The van der Waals surface area contributed by atoms with Crippen LogP contribution in [0.4, 0.5) is 0 Å². The molecule has 1 unspecified atom stereocenters. The Balaban J connectivity index is 1.76. The van der Waals surface area contributed by atoms with Crippen molar-refractivity contribution in [3.8, 4) is 11.1 Å². The second-order valence-electron chi connectivity index (χ2n) is 8.39. The second-order valence-corrected chi connectivity index (χ2v) is 8.39. The lowest BCUT2D eigenvalue weighted by Gasteiger charge is -2.08. The highest BCUT2D eigenvalue weighted by molar-refractivity contribution is 6.20. The number of ketones is 1. The van der Waals surface area contributed by atoms with Gasteiger partial charge < -0.3 is 13.6 Å². The third-order valence-corrected chi connectivity index (χ3v) is 6.11. The van der Waals surface area contributed by atoms with Crippen LogP contribution in [0.15, 0.2) is 86.4 Å². The summed E-state index contributed by atoms with van der Waals surface area (Å²) in [6, 6.07) is 22.2. The first kappa shape index (κ1) is 19.7. The van der Waals surface area contributed by atoms with Crippen LogP contribution in [0.1, 0.15) is 27.2 Å². The maximum absolute atomic E-state index is 13.6. The second kappa shape index (κ2) is 7.57. The van der Waals surface area contributed by atoms with Crippen molar-refractivity contribution >= 4 is 27.7 Å². The predicted octanol–water partition coefficient (Wildman–Crippen LogP) is 5.69. The third kappa shape index (κ3) is 3.38. The van der Waals surface area contributed by atoms with Crippen LogP contribution in [0.3, 0.4) is 0 Å². The fourth-order valence-electron chi connectivity index (χ4n) is 4.44. The summed E-state index contributed by atoms with van der Waals surface area (Å²) in [4.78, 5) is 26.0. The zero-order valence-electron chi connectivity index (χ0n) is 18.0. The Morgan fingerprint density at radius 1 is 0.939 bits per heavy atom. The molecule has 5 aromatic rings. The van der Waals surface area contributed by atoms with E-state index in [4.69, 9.17) is 13.6 Å². The van der Waals surface area contributed by atoms with E-state index in [1.165, 1.54) is 6.07 Å². The van der Waals surface area contributed by atoms with Crippen LogP contribution in [0.25, 0.3) is 33.1 Å². The standard InChI is InChI=1S/C28H20O5/c1-16-12-22(29)32-27-21(16)14-19(13-20-15-31-20)26-24(27)23(17-8-4-2-5-9-17)28(33-26)25(30)18-10-6-3-7-11-18/h2-12,14,20H,13,15H2,1H3. The minimum absolute atomic E-state index is 0.125. The van der Waals surface area contributed by atoms with E-state index < -0.39 is 5.63 Å². The molecule has 0 bridgehead atoms. The minimum atomic E-state index is -0.435. The maximum Gasteiger partial charge on any atom is 0.336 e. The molecule has 1 saturated heterocycles. The van der Waals surface area contributed by atoms with Gasteiger partial charge in [-0.3, -0.25) is 4.79 Å². The zero-order chi connectivity index (χ0) is 22.5. The molecule has 1 fully saturated rings. The van der Waals surface area contributed by atoms with Gasteiger partial charge in [0.2, 0.25) is 5.78 Å². The number of carbonyl (C=O) groups excluding carboxylic acids is 1. The van der Waals surface area contributed by atoms with Gasteiger partial charge in [0.15, 0.2) is 5.76 Å². The fourth-order valence-corrected chi connectivity index (χ4v) is 4.44. The van der Waals surface area contributed by atoms with Crippen molar-refractivity contribution in [2.24, 2.45) is 0 Å². The Morgan fingerprint density at radius 3 is 2.33 bits per heavy atom. The Kier molecular flexibility index (Phi) is 4.52. The SMILES string of the molecule is Cc1cc(=O)oc2c1cc(CC1CO1)c1oc(C(=O)c3ccccc3)c(-c3ccccc3)c12. The van der Waals surface area contributed by atoms with E-state index in [-0.39, 0.29) is 17.6 Å². The monoisotopic (exact) mass is 436 g/mol. The van der Waals surface area contributed by atoms with Gasteiger partial charge in [-0.15, -0.1) is 0 Å². The summed E-state index contributed by atoms with van der Waals surface area (Å²) in [5.41, 5.74) is 4.30. The molecule has 3 aromatic carbocycles. The predicted molar refractivity (Wildman–Crippen MR) is 126 cm³/mol. The van der Waals surface area contributed by atoms with E-state index in [1.807, 2.05) is 61.5 Å². The summed E-state index contributed by atoms with van der Waals surface area (Å²) < 4.78 is 17.6. The molecule has 33 heavy (non-hydrogen) atoms. The smallest absolute Gasteiger partial charge is 0.336 e. The van der Waals surface area contributed by atoms with Crippen LogP contribution in [0, 0.1) is 6.92 Å². The van der Waals surface area contributed by atoms with Gasteiger partial charge in [0.05, 0.1) is 18.1 Å². The van der Waals surface area contributed by atoms with Crippen molar-refractivity contribution in [3.63, 3.8) is 0 Å². The van der Waals surface area contributed by atoms with E-state index in [1.54, 1.807) is 12.1 Å². The molecule has 1 aliphatic heterocycles. The van der Waals surface area contributed by atoms with E-state index in [9.17, 15) is 9.59 Å². The largest absolute Gasteiger partial charge is 0.451 e.